The second-order valence-electron chi connectivity index (χ2n) is 2.43. The predicted molar refractivity (Wildman–Crippen MR) is 38.6 cm³/mol. The van der Waals surface area contributed by atoms with Gasteiger partial charge >= 0.3 is 0 Å². The minimum Gasteiger partial charge on any atom is -0.249 e. The Hall–Kier alpha value is -1.13. The van der Waals surface area contributed by atoms with Crippen LogP contribution in [0.25, 0.3) is 0 Å². The first-order valence-electron chi connectivity index (χ1n) is 3.58. The molecule has 13 heavy (non-hydrogen) atoms. The Morgan fingerprint density at radius 3 is 2.23 bits per heavy atom. The molecule has 1 nitrogen and oxygen atoms in total. The average molecular weight is 193 g/mol. The first-order valence-corrected chi connectivity index (χ1v) is 3.58. The maximum absolute atomic E-state index is 12.9. The smallest absolute Gasteiger partial charge is 0.153 e. The molecule has 0 aliphatic heterocycles. The summed E-state index contributed by atoms with van der Waals surface area (Å²) in [5.41, 5.74) is -1.04. The van der Waals surface area contributed by atoms with Crippen LogP contribution in [0, 0.1) is 5.82 Å². The zero-order valence-corrected chi connectivity index (χ0v) is 6.66. The number of alkyl halides is 3. The highest BCUT2D eigenvalue weighted by molar-refractivity contribution is 5.22. The van der Waals surface area contributed by atoms with E-state index >= 15 is 0 Å². The molecule has 0 N–H and O–H groups in total. The highest BCUT2D eigenvalue weighted by Crippen LogP contribution is 2.15. The molecule has 5 heteroatoms. The van der Waals surface area contributed by atoms with Crippen molar-refractivity contribution in [3.63, 3.8) is 0 Å². The summed E-state index contributed by atoms with van der Waals surface area (Å²) in [6.45, 7) is -3.21. The quantitative estimate of drug-likeness (QED) is 0.672. The van der Waals surface area contributed by atoms with Gasteiger partial charge in [-0.1, -0.05) is 0 Å². The molecule has 0 spiro atoms. The molecule has 0 atom stereocenters. The third kappa shape index (κ3) is 1.96. The van der Waals surface area contributed by atoms with Crippen molar-refractivity contribution >= 4 is 0 Å². The van der Waals surface area contributed by atoms with E-state index in [-0.39, 0.29) is 11.3 Å². The topological polar surface area (TPSA) is 12.9 Å². The zero-order chi connectivity index (χ0) is 9.84. The third-order valence-corrected chi connectivity index (χ3v) is 1.56. The molecule has 72 valence electrons. The summed E-state index contributed by atoms with van der Waals surface area (Å²) in [5, 5.41) is 0. The van der Waals surface area contributed by atoms with Crippen LogP contribution < -0.4 is 0 Å². The van der Waals surface area contributed by atoms with Crippen LogP contribution in [-0.4, -0.2) is 4.98 Å². The van der Waals surface area contributed by atoms with E-state index in [2.05, 4.69) is 4.98 Å². The van der Waals surface area contributed by atoms with Crippen molar-refractivity contribution in [3.8, 4) is 0 Å². The van der Waals surface area contributed by atoms with Crippen molar-refractivity contribution in [1.82, 2.24) is 4.98 Å². The van der Waals surface area contributed by atoms with Crippen LogP contribution in [0.15, 0.2) is 6.07 Å². The lowest BCUT2D eigenvalue weighted by Gasteiger charge is -2.04. The van der Waals surface area contributed by atoms with E-state index < -0.39 is 31.5 Å². The Bertz CT molecular complexity index is 275. The standard InChI is InChI=1S/C8H7F4N/c9-2-5-1-6(3-10)13-7(4-11)8(5)12/h1H,2-4H2. The molecule has 0 amide bonds. The molecule has 0 aliphatic rings. The summed E-state index contributed by atoms with van der Waals surface area (Å²) in [6, 6.07) is 0.953. The van der Waals surface area contributed by atoms with Crippen molar-refractivity contribution in [3.05, 3.63) is 28.8 Å². The summed E-state index contributed by atoms with van der Waals surface area (Å²) in [4.78, 5) is 3.33. The number of hydrogen-bond donors (Lipinski definition) is 0. The molecule has 0 unspecified atom stereocenters. The Morgan fingerprint density at radius 1 is 1.08 bits per heavy atom. The van der Waals surface area contributed by atoms with Crippen molar-refractivity contribution in [1.29, 1.82) is 0 Å². The molecule has 0 aliphatic carbocycles. The number of hydrogen-bond acceptors (Lipinski definition) is 1. The van der Waals surface area contributed by atoms with Gasteiger partial charge in [-0.3, -0.25) is 0 Å². The molecule has 1 rings (SSSR count). The van der Waals surface area contributed by atoms with Gasteiger partial charge in [0.25, 0.3) is 0 Å². The lowest BCUT2D eigenvalue weighted by atomic mass is 10.2. The van der Waals surface area contributed by atoms with Crippen molar-refractivity contribution in [2.75, 3.05) is 0 Å². The summed E-state index contributed by atoms with van der Waals surface area (Å²) in [6.07, 6.45) is 0. The lowest BCUT2D eigenvalue weighted by molar-refractivity contribution is 0.419. The fourth-order valence-electron chi connectivity index (χ4n) is 0.959. The molecular weight excluding hydrogens is 186 g/mol. The van der Waals surface area contributed by atoms with E-state index in [0.717, 1.165) is 6.07 Å². The van der Waals surface area contributed by atoms with Gasteiger partial charge in [-0.25, -0.2) is 22.5 Å². The van der Waals surface area contributed by atoms with E-state index in [9.17, 15) is 17.6 Å². The van der Waals surface area contributed by atoms with Crippen molar-refractivity contribution in [2.45, 2.75) is 20.0 Å². The SMILES string of the molecule is FCc1cc(CF)c(F)c(CF)n1. The van der Waals surface area contributed by atoms with Gasteiger partial charge in [-0.05, 0) is 6.07 Å². The van der Waals surface area contributed by atoms with Crippen LogP contribution in [-0.2, 0) is 20.0 Å². The summed E-state index contributed by atoms with van der Waals surface area (Å²) in [7, 11) is 0. The first-order chi connectivity index (χ1) is 6.22. The van der Waals surface area contributed by atoms with E-state index in [0.29, 0.717) is 0 Å². The van der Waals surface area contributed by atoms with Gasteiger partial charge < -0.3 is 0 Å². The summed E-state index contributed by atoms with van der Waals surface area (Å²) >= 11 is 0. The Balaban J connectivity index is 3.20. The Kier molecular flexibility index (Phi) is 3.22. The number of rotatable bonds is 3. The fourth-order valence-corrected chi connectivity index (χ4v) is 0.959. The van der Waals surface area contributed by atoms with E-state index in [1.807, 2.05) is 0 Å². The number of nitrogens with zero attached hydrogens (tertiary/aromatic N) is 1. The largest absolute Gasteiger partial charge is 0.249 e. The number of pyridine rings is 1. The van der Waals surface area contributed by atoms with Crippen LogP contribution in [0.1, 0.15) is 17.0 Å². The van der Waals surface area contributed by atoms with Crippen LogP contribution in [0.4, 0.5) is 17.6 Å². The molecule has 0 radical (unpaired) electrons. The van der Waals surface area contributed by atoms with Gasteiger partial charge in [-0.2, -0.15) is 0 Å². The monoisotopic (exact) mass is 193 g/mol. The second kappa shape index (κ2) is 4.20. The van der Waals surface area contributed by atoms with E-state index in [1.54, 1.807) is 0 Å². The highest BCUT2D eigenvalue weighted by atomic mass is 19.1. The lowest BCUT2D eigenvalue weighted by Crippen LogP contribution is -2.01. The molecular formula is C8H7F4N. The number of aromatic nitrogens is 1. The van der Waals surface area contributed by atoms with Crippen LogP contribution in [0.5, 0.6) is 0 Å². The average Bonchev–Trinajstić information content (AvgIpc) is 2.18. The van der Waals surface area contributed by atoms with Crippen molar-refractivity contribution in [2.24, 2.45) is 0 Å². The molecule has 0 fully saturated rings. The normalized spacial score (nSPS) is 10.5. The van der Waals surface area contributed by atoms with Gasteiger partial charge in [0.05, 0.1) is 5.69 Å². The van der Waals surface area contributed by atoms with E-state index in [4.69, 9.17) is 0 Å². The molecule has 1 heterocycles. The summed E-state index contributed by atoms with van der Waals surface area (Å²) in [5.74, 6) is -1.03. The molecule has 0 aromatic carbocycles. The van der Waals surface area contributed by atoms with Crippen LogP contribution in [0.3, 0.4) is 0 Å². The second-order valence-corrected chi connectivity index (χ2v) is 2.43. The molecule has 1 aromatic heterocycles. The van der Waals surface area contributed by atoms with Gasteiger partial charge in [0.15, 0.2) is 5.82 Å². The maximum Gasteiger partial charge on any atom is 0.153 e. The van der Waals surface area contributed by atoms with E-state index in [1.165, 1.54) is 0 Å². The molecule has 0 saturated carbocycles. The van der Waals surface area contributed by atoms with Gasteiger partial charge in [0, 0.05) is 5.56 Å². The Labute approximate surface area is 72.4 Å². The molecule has 0 saturated heterocycles. The van der Waals surface area contributed by atoms with Crippen LogP contribution in [0.2, 0.25) is 0 Å². The first kappa shape index (κ1) is 9.95. The van der Waals surface area contributed by atoms with Crippen molar-refractivity contribution < 1.29 is 17.6 Å². The van der Waals surface area contributed by atoms with Gasteiger partial charge in [-0.15, -0.1) is 0 Å². The van der Waals surface area contributed by atoms with Crippen LogP contribution >= 0.6 is 0 Å². The minimum absolute atomic E-state index is 0.151. The summed E-state index contributed by atoms with van der Waals surface area (Å²) < 4.78 is 49.2. The molecule has 1 aromatic rings. The zero-order valence-electron chi connectivity index (χ0n) is 6.66. The maximum atomic E-state index is 12.9. The Morgan fingerprint density at radius 2 is 1.77 bits per heavy atom. The fraction of sp³-hybridized carbons (Fsp3) is 0.375. The third-order valence-electron chi connectivity index (χ3n) is 1.56. The minimum atomic E-state index is -1.16. The number of halogens is 4. The highest BCUT2D eigenvalue weighted by Gasteiger charge is 2.11. The predicted octanol–water partition coefficient (Wildman–Crippen LogP) is 2.63. The molecule has 0 bridgehead atoms. The van der Waals surface area contributed by atoms with Gasteiger partial charge in [0.2, 0.25) is 0 Å². The van der Waals surface area contributed by atoms with Gasteiger partial charge in [0.1, 0.15) is 25.7 Å².